The first-order valence-electron chi connectivity index (χ1n) is 5.83. The highest BCUT2D eigenvalue weighted by atomic mass is 16.6. The van der Waals surface area contributed by atoms with E-state index in [2.05, 4.69) is 17.2 Å². The highest BCUT2D eigenvalue weighted by Gasteiger charge is 2.18. The molecule has 1 N–H and O–H groups in total. The van der Waals surface area contributed by atoms with Crippen LogP contribution in [0.4, 0.5) is 11.4 Å². The van der Waals surface area contributed by atoms with Gasteiger partial charge in [0.1, 0.15) is 12.6 Å². The van der Waals surface area contributed by atoms with Crippen molar-refractivity contribution in [2.75, 3.05) is 19.0 Å². The molecule has 1 unspecified atom stereocenters. The molecule has 5 heteroatoms. The van der Waals surface area contributed by atoms with Gasteiger partial charge in [-0.3, -0.25) is 10.1 Å². The van der Waals surface area contributed by atoms with Crippen LogP contribution in [0.5, 0.6) is 0 Å². The number of allylic oxidation sites excluding steroid dienone is 1. The lowest BCUT2D eigenvalue weighted by Crippen LogP contribution is -2.19. The molecule has 1 heterocycles. The van der Waals surface area contributed by atoms with Gasteiger partial charge < -0.3 is 10.1 Å². The van der Waals surface area contributed by atoms with Crippen LogP contribution in [0.2, 0.25) is 0 Å². The number of methoxy groups -OCH3 is 1. The quantitative estimate of drug-likeness (QED) is 0.502. The predicted octanol–water partition coefficient (Wildman–Crippen LogP) is 2.44. The van der Waals surface area contributed by atoms with Crippen LogP contribution in [0, 0.1) is 22.0 Å². The van der Waals surface area contributed by atoms with Crippen LogP contribution in [0.1, 0.15) is 12.5 Å². The van der Waals surface area contributed by atoms with E-state index in [0.717, 1.165) is 16.8 Å². The Morgan fingerprint density at radius 1 is 1.53 bits per heavy atom. The maximum atomic E-state index is 10.8. The predicted molar refractivity (Wildman–Crippen MR) is 73.8 cm³/mol. The second-order valence-electron chi connectivity index (χ2n) is 4.21. The van der Waals surface area contributed by atoms with Gasteiger partial charge in [0.15, 0.2) is 0 Å². The fourth-order valence-electron chi connectivity index (χ4n) is 1.95. The lowest BCUT2D eigenvalue weighted by molar-refractivity contribution is -0.384. The zero-order valence-electron chi connectivity index (χ0n) is 10.8. The number of nitro benzene ring substituents is 1. The molecule has 0 aromatic heterocycles. The largest absolute Gasteiger partial charge is 0.372 e. The Hall–Kier alpha value is -2.32. The molecule has 1 aromatic rings. The van der Waals surface area contributed by atoms with Gasteiger partial charge >= 0.3 is 0 Å². The highest BCUT2D eigenvalue weighted by molar-refractivity contribution is 5.81. The van der Waals surface area contributed by atoms with Crippen LogP contribution < -0.4 is 5.32 Å². The molecule has 19 heavy (non-hydrogen) atoms. The van der Waals surface area contributed by atoms with E-state index in [9.17, 15) is 10.1 Å². The molecule has 1 aromatic carbocycles. The van der Waals surface area contributed by atoms with Crippen LogP contribution in [-0.2, 0) is 4.74 Å². The molecule has 0 amide bonds. The van der Waals surface area contributed by atoms with E-state index >= 15 is 0 Å². The molecular formula is C14H14N2O3. The number of nitro groups is 1. The number of anilines is 1. The van der Waals surface area contributed by atoms with Gasteiger partial charge in [0.2, 0.25) is 0 Å². The third-order valence-electron chi connectivity index (χ3n) is 2.84. The zero-order valence-corrected chi connectivity index (χ0v) is 10.8. The lowest BCUT2D eigenvalue weighted by atomic mass is 9.98. The summed E-state index contributed by atoms with van der Waals surface area (Å²) < 4.78 is 4.87. The minimum absolute atomic E-state index is 0.0934. The second-order valence-corrected chi connectivity index (χ2v) is 4.21. The number of hydrogen-bond donors (Lipinski definition) is 1. The van der Waals surface area contributed by atoms with Gasteiger partial charge in [-0.25, -0.2) is 0 Å². The molecule has 5 nitrogen and oxygen atoms in total. The van der Waals surface area contributed by atoms with Gasteiger partial charge in [0.25, 0.3) is 5.69 Å². The summed E-state index contributed by atoms with van der Waals surface area (Å²) in [5, 5.41) is 14.0. The number of hydrogen-bond acceptors (Lipinski definition) is 4. The monoisotopic (exact) mass is 258 g/mol. The summed E-state index contributed by atoms with van der Waals surface area (Å²) in [7, 11) is 1.60. The summed E-state index contributed by atoms with van der Waals surface area (Å²) in [6, 6.07) is 4.69. The molecule has 2 rings (SSSR count). The minimum Gasteiger partial charge on any atom is -0.372 e. The van der Waals surface area contributed by atoms with Crippen molar-refractivity contribution in [2.45, 2.75) is 13.0 Å². The minimum atomic E-state index is -0.391. The molecule has 0 radical (unpaired) electrons. The van der Waals surface area contributed by atoms with E-state index in [1.165, 1.54) is 6.07 Å². The number of fused-ring (bicyclic) bond motifs is 1. The molecule has 0 saturated heterocycles. The fraction of sp³-hybridized carbons (Fsp3) is 0.286. The lowest BCUT2D eigenvalue weighted by Gasteiger charge is -2.21. The Labute approximate surface area is 111 Å². The van der Waals surface area contributed by atoms with Crippen LogP contribution in [0.25, 0.3) is 5.57 Å². The highest BCUT2D eigenvalue weighted by Crippen LogP contribution is 2.32. The SMILES string of the molecule is COCC#CC1C=C(C)c2cc([N+](=O)[O-])ccc2N1. The average Bonchev–Trinajstić information content (AvgIpc) is 2.38. The fourth-order valence-corrected chi connectivity index (χ4v) is 1.95. The van der Waals surface area contributed by atoms with Crippen molar-refractivity contribution in [2.24, 2.45) is 0 Å². The Morgan fingerprint density at radius 3 is 3.00 bits per heavy atom. The Kier molecular flexibility index (Phi) is 3.83. The van der Waals surface area contributed by atoms with E-state index < -0.39 is 4.92 Å². The van der Waals surface area contributed by atoms with Gasteiger partial charge in [0.05, 0.1) is 4.92 Å². The van der Waals surface area contributed by atoms with E-state index in [4.69, 9.17) is 4.74 Å². The molecule has 1 aliphatic heterocycles. The molecule has 0 spiro atoms. The van der Waals surface area contributed by atoms with Gasteiger partial charge in [-0.15, -0.1) is 0 Å². The number of non-ortho nitro benzene ring substituents is 1. The van der Waals surface area contributed by atoms with Crippen LogP contribution in [0.15, 0.2) is 24.3 Å². The normalized spacial score (nSPS) is 16.5. The third-order valence-corrected chi connectivity index (χ3v) is 2.84. The van der Waals surface area contributed by atoms with Gasteiger partial charge in [0, 0.05) is 30.5 Å². The number of nitrogens with one attached hydrogen (secondary N) is 1. The van der Waals surface area contributed by atoms with Crippen molar-refractivity contribution in [1.82, 2.24) is 0 Å². The smallest absolute Gasteiger partial charge is 0.270 e. The summed E-state index contributed by atoms with van der Waals surface area (Å²) in [5.74, 6) is 5.93. The van der Waals surface area contributed by atoms with Crippen LogP contribution >= 0.6 is 0 Å². The zero-order chi connectivity index (χ0) is 13.8. The molecular weight excluding hydrogens is 244 g/mol. The molecule has 0 fully saturated rings. The van der Waals surface area contributed by atoms with Crippen molar-refractivity contribution in [3.05, 3.63) is 40.0 Å². The number of nitrogens with zero attached hydrogens (tertiary/aromatic N) is 1. The van der Waals surface area contributed by atoms with E-state index in [0.29, 0.717) is 6.61 Å². The van der Waals surface area contributed by atoms with Crippen molar-refractivity contribution in [1.29, 1.82) is 0 Å². The molecule has 0 bridgehead atoms. The third kappa shape index (κ3) is 2.92. The summed E-state index contributed by atoms with van der Waals surface area (Å²) in [5.41, 5.74) is 2.78. The van der Waals surface area contributed by atoms with Crippen molar-refractivity contribution >= 4 is 16.9 Å². The Balaban J connectivity index is 2.29. The number of ether oxygens (including phenoxy) is 1. The first kappa shape index (κ1) is 13.1. The van der Waals surface area contributed by atoms with Crippen LogP contribution in [-0.4, -0.2) is 24.7 Å². The topological polar surface area (TPSA) is 64.4 Å². The second kappa shape index (κ2) is 5.55. The van der Waals surface area contributed by atoms with Gasteiger partial charge in [-0.2, -0.15) is 0 Å². The number of rotatable bonds is 2. The first-order valence-corrected chi connectivity index (χ1v) is 5.83. The molecule has 0 aliphatic carbocycles. The van der Waals surface area contributed by atoms with E-state index in [1.807, 2.05) is 13.0 Å². The molecule has 0 saturated carbocycles. The van der Waals surface area contributed by atoms with Crippen molar-refractivity contribution in [3.8, 4) is 11.8 Å². The summed E-state index contributed by atoms with van der Waals surface area (Å²) in [6.45, 7) is 2.31. The standard InChI is InChI=1S/C14H14N2O3/c1-10-8-11(4-3-7-19-2)15-14-6-5-12(16(17)18)9-13(10)14/h5-6,8-9,11,15H,7H2,1-2H3. The van der Waals surface area contributed by atoms with E-state index in [1.54, 1.807) is 19.2 Å². The maximum Gasteiger partial charge on any atom is 0.270 e. The number of benzene rings is 1. The van der Waals surface area contributed by atoms with Gasteiger partial charge in [-0.05, 0) is 24.6 Å². The Morgan fingerprint density at radius 2 is 2.32 bits per heavy atom. The van der Waals surface area contributed by atoms with Crippen LogP contribution in [0.3, 0.4) is 0 Å². The van der Waals surface area contributed by atoms with Gasteiger partial charge in [-0.1, -0.05) is 11.8 Å². The molecule has 98 valence electrons. The van der Waals surface area contributed by atoms with Crippen molar-refractivity contribution < 1.29 is 9.66 Å². The molecule has 1 atom stereocenters. The van der Waals surface area contributed by atoms with E-state index in [-0.39, 0.29) is 11.7 Å². The Bertz CT molecular complexity index is 596. The average molecular weight is 258 g/mol. The van der Waals surface area contributed by atoms with Crippen molar-refractivity contribution in [3.63, 3.8) is 0 Å². The first-order chi connectivity index (χ1) is 9.11. The summed E-state index contributed by atoms with van der Waals surface area (Å²) in [4.78, 5) is 10.4. The molecule has 1 aliphatic rings. The maximum absolute atomic E-state index is 10.8. The summed E-state index contributed by atoms with van der Waals surface area (Å²) >= 11 is 0. The summed E-state index contributed by atoms with van der Waals surface area (Å²) in [6.07, 6.45) is 1.95.